The number of benzene rings is 1. The van der Waals surface area contributed by atoms with Crippen molar-refractivity contribution in [3.63, 3.8) is 0 Å². The van der Waals surface area contributed by atoms with Crippen LogP contribution >= 0.6 is 12.2 Å². The Labute approximate surface area is 144 Å². The summed E-state index contributed by atoms with van der Waals surface area (Å²) in [4.78, 5) is 0. The zero-order chi connectivity index (χ0) is 17.7. The molecule has 0 spiro atoms. The topological polar surface area (TPSA) is 127 Å². The zero-order valence-corrected chi connectivity index (χ0v) is 13.8. The molecule has 1 heterocycles. The molecule has 8 nitrogen and oxygen atoms in total. The summed E-state index contributed by atoms with van der Waals surface area (Å²) in [6, 6.07) is 7.70. The van der Waals surface area contributed by atoms with Crippen molar-refractivity contribution in [2.75, 3.05) is 6.61 Å². The molecule has 24 heavy (non-hydrogen) atoms. The maximum Gasteiger partial charge on any atom is 0.189 e. The summed E-state index contributed by atoms with van der Waals surface area (Å²) in [5.41, 5.74) is 4.58. The van der Waals surface area contributed by atoms with E-state index < -0.39 is 37.3 Å². The fourth-order valence-corrected chi connectivity index (χ4v) is 2.37. The Morgan fingerprint density at radius 3 is 2.50 bits per heavy atom. The number of hydrogen-bond acceptors (Lipinski definition) is 7. The second-order valence-electron chi connectivity index (χ2n) is 5.50. The average molecular weight is 355 g/mol. The Bertz CT molecular complexity index is 581. The van der Waals surface area contributed by atoms with Gasteiger partial charge in [0.2, 0.25) is 0 Å². The third-order valence-electron chi connectivity index (χ3n) is 3.62. The number of hydrazone groups is 1. The van der Waals surface area contributed by atoms with Crippen LogP contribution in [0.3, 0.4) is 0 Å². The lowest BCUT2D eigenvalue weighted by atomic mass is 9.98. The van der Waals surface area contributed by atoms with Gasteiger partial charge in [0.1, 0.15) is 24.4 Å². The van der Waals surface area contributed by atoms with Crippen molar-refractivity contribution in [3.8, 4) is 0 Å². The van der Waals surface area contributed by atoms with Crippen LogP contribution < -0.4 is 10.7 Å². The quantitative estimate of drug-likeness (QED) is 0.221. The van der Waals surface area contributed by atoms with Gasteiger partial charge in [-0.15, -0.1) is 0 Å². The summed E-state index contributed by atoms with van der Waals surface area (Å²) < 4.78 is 5.28. The molecule has 0 amide bonds. The normalized spacial score (nSPS) is 30.3. The standard InChI is InChI=1S/C15H21N3O5S/c1-8-2-4-9(5-3-8)6-16-18-15(24)17-14-13(22)12(21)11(20)10(7-19)23-14/h2-6,10-14,19-22H,7H2,1H3,(H2,17,18,24)/b16-6+/t10-,11-,12+,13-,14-/m1/s1. The predicted molar refractivity (Wildman–Crippen MR) is 91.4 cm³/mol. The van der Waals surface area contributed by atoms with Gasteiger partial charge in [0, 0.05) is 0 Å². The van der Waals surface area contributed by atoms with E-state index in [2.05, 4.69) is 15.8 Å². The summed E-state index contributed by atoms with van der Waals surface area (Å²) in [5, 5.41) is 45.1. The van der Waals surface area contributed by atoms with Gasteiger partial charge >= 0.3 is 0 Å². The Kier molecular flexibility index (Phi) is 6.60. The summed E-state index contributed by atoms with van der Waals surface area (Å²) in [7, 11) is 0. The van der Waals surface area contributed by atoms with E-state index in [1.54, 1.807) is 6.21 Å². The van der Waals surface area contributed by atoms with Crippen LogP contribution in [0.25, 0.3) is 0 Å². The van der Waals surface area contributed by atoms with Crippen LogP contribution in [-0.2, 0) is 4.74 Å². The van der Waals surface area contributed by atoms with Crippen LogP contribution in [0.2, 0.25) is 0 Å². The van der Waals surface area contributed by atoms with Gasteiger partial charge in [0.25, 0.3) is 0 Å². The average Bonchev–Trinajstić information content (AvgIpc) is 2.57. The van der Waals surface area contributed by atoms with Crippen LogP contribution in [0.15, 0.2) is 29.4 Å². The van der Waals surface area contributed by atoms with Crippen molar-refractivity contribution >= 4 is 23.5 Å². The molecule has 1 aliphatic rings. The first-order chi connectivity index (χ1) is 11.4. The minimum atomic E-state index is -1.47. The largest absolute Gasteiger partial charge is 0.394 e. The molecule has 9 heteroatoms. The molecule has 5 atom stereocenters. The number of nitrogens with zero attached hydrogens (tertiary/aromatic N) is 1. The minimum Gasteiger partial charge on any atom is -0.394 e. The second kappa shape index (κ2) is 8.47. The zero-order valence-electron chi connectivity index (χ0n) is 13.0. The lowest BCUT2D eigenvalue weighted by Gasteiger charge is -2.40. The lowest BCUT2D eigenvalue weighted by Crippen LogP contribution is -2.63. The van der Waals surface area contributed by atoms with Crippen molar-refractivity contribution in [3.05, 3.63) is 35.4 Å². The fraction of sp³-hybridized carbons (Fsp3) is 0.467. The summed E-state index contributed by atoms with van der Waals surface area (Å²) in [6.07, 6.45) is -4.81. The molecule has 6 N–H and O–H groups in total. The number of aliphatic hydroxyl groups is 4. The van der Waals surface area contributed by atoms with E-state index in [0.29, 0.717) is 0 Å². The highest BCUT2D eigenvalue weighted by Crippen LogP contribution is 2.19. The first kappa shape index (κ1) is 18.7. The van der Waals surface area contributed by atoms with Crippen LogP contribution in [-0.4, -0.2) is 69.0 Å². The second-order valence-corrected chi connectivity index (χ2v) is 5.91. The fourth-order valence-electron chi connectivity index (χ4n) is 2.20. The molecule has 1 aromatic rings. The molecular weight excluding hydrogens is 334 g/mol. The van der Waals surface area contributed by atoms with Gasteiger partial charge in [0.15, 0.2) is 11.3 Å². The Morgan fingerprint density at radius 2 is 1.88 bits per heavy atom. The predicted octanol–water partition coefficient (Wildman–Crippen LogP) is -1.41. The summed E-state index contributed by atoms with van der Waals surface area (Å²) in [6.45, 7) is 1.48. The molecule has 1 saturated heterocycles. The first-order valence-corrected chi connectivity index (χ1v) is 7.80. The number of thiocarbonyl (C=S) groups is 1. The van der Waals surface area contributed by atoms with Crippen LogP contribution in [0.5, 0.6) is 0 Å². The third kappa shape index (κ3) is 4.69. The van der Waals surface area contributed by atoms with Crippen molar-refractivity contribution in [1.82, 2.24) is 10.7 Å². The van der Waals surface area contributed by atoms with Gasteiger partial charge in [-0.25, -0.2) is 0 Å². The first-order valence-electron chi connectivity index (χ1n) is 7.39. The molecule has 0 unspecified atom stereocenters. The van der Waals surface area contributed by atoms with Crippen LogP contribution in [0.4, 0.5) is 0 Å². The van der Waals surface area contributed by atoms with Gasteiger partial charge in [-0.1, -0.05) is 29.8 Å². The maximum absolute atomic E-state index is 9.89. The highest BCUT2D eigenvalue weighted by molar-refractivity contribution is 7.80. The Hall–Kier alpha value is -1.62. The van der Waals surface area contributed by atoms with Crippen LogP contribution in [0, 0.1) is 6.92 Å². The maximum atomic E-state index is 9.89. The van der Waals surface area contributed by atoms with E-state index in [-0.39, 0.29) is 5.11 Å². The molecule has 0 aliphatic carbocycles. The lowest BCUT2D eigenvalue weighted by molar-refractivity contribution is -0.232. The highest BCUT2D eigenvalue weighted by atomic mass is 32.1. The monoisotopic (exact) mass is 355 g/mol. The van der Waals surface area contributed by atoms with Gasteiger partial charge in [0.05, 0.1) is 12.8 Å². The molecule has 2 rings (SSSR count). The number of nitrogens with one attached hydrogen (secondary N) is 2. The summed E-state index contributed by atoms with van der Waals surface area (Å²) in [5.74, 6) is 0. The van der Waals surface area contributed by atoms with Crippen molar-refractivity contribution < 1.29 is 25.2 Å². The van der Waals surface area contributed by atoms with E-state index in [1.165, 1.54) is 0 Å². The molecular formula is C15H21N3O5S. The number of rotatable bonds is 4. The molecule has 0 bridgehead atoms. The molecule has 1 aromatic carbocycles. The number of aliphatic hydroxyl groups excluding tert-OH is 4. The number of hydrogen-bond donors (Lipinski definition) is 6. The minimum absolute atomic E-state index is 0.0580. The van der Waals surface area contributed by atoms with E-state index in [1.807, 2.05) is 31.2 Å². The third-order valence-corrected chi connectivity index (χ3v) is 3.83. The summed E-state index contributed by atoms with van der Waals surface area (Å²) >= 11 is 5.03. The molecule has 1 aliphatic heterocycles. The van der Waals surface area contributed by atoms with Crippen molar-refractivity contribution in [1.29, 1.82) is 0 Å². The highest BCUT2D eigenvalue weighted by Gasteiger charge is 2.43. The molecule has 0 aromatic heterocycles. The SMILES string of the molecule is Cc1ccc(/C=N/NC(=S)N[C@@H]2O[C@H](CO)[C@@H](O)[C@H](O)[C@H]2O)cc1. The Morgan fingerprint density at radius 1 is 1.21 bits per heavy atom. The molecule has 0 saturated carbocycles. The Balaban J connectivity index is 1.88. The van der Waals surface area contributed by atoms with E-state index in [9.17, 15) is 15.3 Å². The van der Waals surface area contributed by atoms with E-state index >= 15 is 0 Å². The number of aryl methyl sites for hydroxylation is 1. The van der Waals surface area contributed by atoms with Crippen molar-refractivity contribution in [2.24, 2.45) is 5.10 Å². The number of ether oxygens (including phenoxy) is 1. The van der Waals surface area contributed by atoms with Gasteiger partial charge in [-0.2, -0.15) is 5.10 Å². The van der Waals surface area contributed by atoms with Crippen LogP contribution in [0.1, 0.15) is 11.1 Å². The van der Waals surface area contributed by atoms with E-state index in [4.69, 9.17) is 22.1 Å². The smallest absolute Gasteiger partial charge is 0.189 e. The van der Waals surface area contributed by atoms with Gasteiger partial charge < -0.3 is 30.5 Å². The van der Waals surface area contributed by atoms with Crippen molar-refractivity contribution in [2.45, 2.75) is 37.6 Å². The van der Waals surface area contributed by atoms with E-state index in [0.717, 1.165) is 11.1 Å². The molecule has 1 fully saturated rings. The van der Waals surface area contributed by atoms with Gasteiger partial charge in [-0.05, 0) is 24.7 Å². The molecule has 132 valence electrons. The van der Waals surface area contributed by atoms with Gasteiger partial charge in [-0.3, -0.25) is 5.43 Å². The molecule has 0 radical (unpaired) electrons.